The molecule has 6 nitrogen and oxygen atoms in total. The van der Waals surface area contributed by atoms with E-state index < -0.39 is 10.0 Å². The number of piperidine rings is 1. The van der Waals surface area contributed by atoms with Crippen molar-refractivity contribution in [1.29, 1.82) is 0 Å². The second-order valence-corrected chi connectivity index (χ2v) is 8.18. The molecule has 1 aromatic carbocycles. The number of urea groups is 1. The van der Waals surface area contributed by atoms with Crippen molar-refractivity contribution >= 4 is 21.7 Å². The molecule has 0 aliphatic carbocycles. The topological polar surface area (TPSA) is 69.7 Å². The van der Waals surface area contributed by atoms with Crippen molar-refractivity contribution in [1.82, 2.24) is 9.21 Å². The standard InChI is InChI=1S/C17H27N3O3S/c1-4-19(5-2)17(21)18-15-8-10-16(11-9-15)24(22,23)20-12-6-7-14(3)13-20/h8-11,14H,4-7,12-13H2,1-3H3,(H,18,21). The highest BCUT2D eigenvalue weighted by Crippen LogP contribution is 2.24. The molecule has 2 rings (SSSR count). The number of anilines is 1. The molecule has 0 bridgehead atoms. The monoisotopic (exact) mass is 353 g/mol. The Balaban J connectivity index is 2.09. The summed E-state index contributed by atoms with van der Waals surface area (Å²) in [4.78, 5) is 14.0. The number of rotatable bonds is 5. The van der Waals surface area contributed by atoms with Crippen LogP contribution in [0.25, 0.3) is 0 Å². The second-order valence-electron chi connectivity index (χ2n) is 6.24. The summed E-state index contributed by atoms with van der Waals surface area (Å²) in [5, 5.41) is 2.79. The number of carbonyl (C=O) groups is 1. The maximum atomic E-state index is 12.7. The van der Waals surface area contributed by atoms with Crippen LogP contribution in [0.15, 0.2) is 29.2 Å². The van der Waals surface area contributed by atoms with E-state index in [9.17, 15) is 13.2 Å². The SMILES string of the molecule is CCN(CC)C(=O)Nc1ccc(S(=O)(=O)N2CCCC(C)C2)cc1. The molecule has 0 spiro atoms. The lowest BCUT2D eigenvalue weighted by Gasteiger charge is -2.30. The summed E-state index contributed by atoms with van der Waals surface area (Å²) in [7, 11) is -3.46. The highest BCUT2D eigenvalue weighted by atomic mass is 32.2. The zero-order chi connectivity index (χ0) is 17.7. The van der Waals surface area contributed by atoms with Crippen LogP contribution in [-0.2, 0) is 10.0 Å². The minimum Gasteiger partial charge on any atom is -0.325 e. The van der Waals surface area contributed by atoms with Crippen LogP contribution in [0, 0.1) is 5.92 Å². The highest BCUT2D eigenvalue weighted by molar-refractivity contribution is 7.89. The van der Waals surface area contributed by atoms with Crippen molar-refractivity contribution in [2.24, 2.45) is 5.92 Å². The van der Waals surface area contributed by atoms with Gasteiger partial charge in [-0.1, -0.05) is 6.92 Å². The zero-order valence-electron chi connectivity index (χ0n) is 14.7. The molecule has 0 saturated carbocycles. The fraction of sp³-hybridized carbons (Fsp3) is 0.588. The lowest BCUT2D eigenvalue weighted by atomic mass is 10.0. The Bertz CT molecular complexity index is 654. The third kappa shape index (κ3) is 4.27. The minimum absolute atomic E-state index is 0.180. The molecule has 1 unspecified atom stereocenters. The van der Waals surface area contributed by atoms with Gasteiger partial charge in [0, 0.05) is 31.9 Å². The molecule has 1 atom stereocenters. The van der Waals surface area contributed by atoms with Crippen molar-refractivity contribution < 1.29 is 13.2 Å². The summed E-state index contributed by atoms with van der Waals surface area (Å²) in [5.74, 6) is 0.390. The number of carbonyl (C=O) groups excluding carboxylic acids is 1. The van der Waals surface area contributed by atoms with E-state index in [1.165, 1.54) is 0 Å². The maximum Gasteiger partial charge on any atom is 0.321 e. The quantitative estimate of drug-likeness (QED) is 0.885. The first-order valence-electron chi connectivity index (χ1n) is 8.54. The van der Waals surface area contributed by atoms with Crippen LogP contribution in [-0.4, -0.2) is 49.8 Å². The molecule has 1 aromatic rings. The van der Waals surface area contributed by atoms with Gasteiger partial charge in [0.25, 0.3) is 0 Å². The number of hydrogen-bond donors (Lipinski definition) is 1. The van der Waals surface area contributed by atoms with Gasteiger partial charge in [-0.05, 0) is 56.9 Å². The lowest BCUT2D eigenvalue weighted by Crippen LogP contribution is -2.39. The first-order valence-corrected chi connectivity index (χ1v) is 9.98. The van der Waals surface area contributed by atoms with Crippen LogP contribution in [0.1, 0.15) is 33.6 Å². The summed E-state index contributed by atoms with van der Waals surface area (Å²) in [6, 6.07) is 6.22. The predicted molar refractivity (Wildman–Crippen MR) is 95.5 cm³/mol. The Labute approximate surface area is 144 Å². The largest absolute Gasteiger partial charge is 0.325 e. The van der Waals surface area contributed by atoms with Crippen molar-refractivity contribution in [3.05, 3.63) is 24.3 Å². The molecule has 1 N–H and O–H groups in total. The number of nitrogens with zero attached hydrogens (tertiary/aromatic N) is 2. The number of nitrogens with one attached hydrogen (secondary N) is 1. The summed E-state index contributed by atoms with van der Waals surface area (Å²) in [5.41, 5.74) is 0.595. The van der Waals surface area contributed by atoms with E-state index in [1.54, 1.807) is 33.5 Å². The van der Waals surface area contributed by atoms with E-state index in [0.717, 1.165) is 12.8 Å². The third-order valence-electron chi connectivity index (χ3n) is 4.41. The van der Waals surface area contributed by atoms with Gasteiger partial charge < -0.3 is 10.2 Å². The molecule has 1 saturated heterocycles. The fourth-order valence-corrected chi connectivity index (χ4v) is 4.54. The molecule has 1 heterocycles. The Morgan fingerprint density at radius 1 is 1.25 bits per heavy atom. The average molecular weight is 353 g/mol. The summed E-state index contributed by atoms with van der Waals surface area (Å²) in [6.45, 7) is 8.31. The van der Waals surface area contributed by atoms with Gasteiger partial charge in [0.15, 0.2) is 0 Å². The van der Waals surface area contributed by atoms with Crippen LogP contribution in [0.4, 0.5) is 10.5 Å². The van der Waals surface area contributed by atoms with Gasteiger partial charge in [0.2, 0.25) is 10.0 Å². The van der Waals surface area contributed by atoms with Crippen LogP contribution >= 0.6 is 0 Å². The number of hydrogen-bond acceptors (Lipinski definition) is 3. The molecule has 1 aliphatic rings. The summed E-state index contributed by atoms with van der Waals surface area (Å²) < 4.78 is 27.0. The van der Waals surface area contributed by atoms with Crippen LogP contribution in [0.5, 0.6) is 0 Å². The molecule has 0 aromatic heterocycles. The minimum atomic E-state index is -3.46. The lowest BCUT2D eigenvalue weighted by molar-refractivity contribution is 0.217. The van der Waals surface area contributed by atoms with Gasteiger partial charge >= 0.3 is 6.03 Å². The highest BCUT2D eigenvalue weighted by Gasteiger charge is 2.28. The molecule has 1 aliphatic heterocycles. The molecule has 134 valence electrons. The molecular weight excluding hydrogens is 326 g/mol. The number of benzene rings is 1. The maximum absolute atomic E-state index is 12.7. The summed E-state index contributed by atoms with van der Waals surface area (Å²) in [6.07, 6.45) is 1.97. The number of amides is 2. The summed E-state index contributed by atoms with van der Waals surface area (Å²) >= 11 is 0. The van der Waals surface area contributed by atoms with Crippen molar-refractivity contribution in [3.63, 3.8) is 0 Å². The molecular formula is C17H27N3O3S. The Morgan fingerprint density at radius 2 is 1.88 bits per heavy atom. The fourth-order valence-electron chi connectivity index (χ4n) is 2.94. The van der Waals surface area contributed by atoms with Crippen LogP contribution < -0.4 is 5.32 Å². The van der Waals surface area contributed by atoms with E-state index in [0.29, 0.717) is 37.8 Å². The Hall–Kier alpha value is -1.60. The Kier molecular flexibility index (Phi) is 6.23. The van der Waals surface area contributed by atoms with Gasteiger partial charge in [-0.3, -0.25) is 0 Å². The third-order valence-corrected chi connectivity index (χ3v) is 6.29. The first kappa shape index (κ1) is 18.7. The second kappa shape index (κ2) is 7.98. The van der Waals surface area contributed by atoms with Gasteiger partial charge in [0.05, 0.1) is 4.90 Å². The average Bonchev–Trinajstić information content (AvgIpc) is 2.56. The van der Waals surface area contributed by atoms with Crippen molar-refractivity contribution in [2.75, 3.05) is 31.5 Å². The molecule has 0 radical (unpaired) electrons. The van der Waals surface area contributed by atoms with E-state index in [4.69, 9.17) is 0 Å². The van der Waals surface area contributed by atoms with E-state index >= 15 is 0 Å². The smallest absolute Gasteiger partial charge is 0.321 e. The van der Waals surface area contributed by atoms with E-state index in [-0.39, 0.29) is 10.9 Å². The van der Waals surface area contributed by atoms with Gasteiger partial charge in [-0.2, -0.15) is 4.31 Å². The van der Waals surface area contributed by atoms with E-state index in [1.807, 2.05) is 13.8 Å². The van der Waals surface area contributed by atoms with Crippen molar-refractivity contribution in [3.8, 4) is 0 Å². The predicted octanol–water partition coefficient (Wildman–Crippen LogP) is 2.98. The van der Waals surface area contributed by atoms with Gasteiger partial charge in [-0.25, -0.2) is 13.2 Å². The molecule has 7 heteroatoms. The number of sulfonamides is 1. The molecule has 1 fully saturated rings. The zero-order valence-corrected chi connectivity index (χ0v) is 15.5. The Morgan fingerprint density at radius 3 is 2.42 bits per heavy atom. The van der Waals surface area contributed by atoms with Crippen LogP contribution in [0.2, 0.25) is 0 Å². The normalized spacial score (nSPS) is 19.0. The molecule has 2 amide bonds. The van der Waals surface area contributed by atoms with Crippen molar-refractivity contribution in [2.45, 2.75) is 38.5 Å². The van der Waals surface area contributed by atoms with E-state index in [2.05, 4.69) is 12.2 Å². The molecule has 24 heavy (non-hydrogen) atoms. The van der Waals surface area contributed by atoms with Gasteiger partial charge in [0.1, 0.15) is 0 Å². The van der Waals surface area contributed by atoms with Gasteiger partial charge in [-0.15, -0.1) is 0 Å². The van der Waals surface area contributed by atoms with Crippen LogP contribution in [0.3, 0.4) is 0 Å². The first-order chi connectivity index (χ1) is 11.4.